The van der Waals surface area contributed by atoms with Gasteiger partial charge in [-0.15, -0.1) is 0 Å². The van der Waals surface area contributed by atoms with E-state index in [2.05, 4.69) is 317 Å². The molecule has 10 aromatic rings. The average Bonchev–Trinajstić information content (AvgIpc) is 3.51. The van der Waals surface area contributed by atoms with E-state index in [1.165, 1.54) is 56.9 Å². The second kappa shape index (κ2) is 22.4. The number of hydrogen-bond donors (Lipinski definition) is 0. The molecule has 0 aromatic heterocycles. The first-order chi connectivity index (χ1) is 37.7. The molecule has 0 heterocycles. The third-order valence-electron chi connectivity index (χ3n) is 14.6. The van der Waals surface area contributed by atoms with Crippen LogP contribution >= 0.6 is 0 Å². The minimum atomic E-state index is 0.354. The van der Waals surface area contributed by atoms with Gasteiger partial charge in [0.2, 0.25) is 0 Å². The van der Waals surface area contributed by atoms with Crippen molar-refractivity contribution in [2.24, 2.45) is 0 Å². The molecule has 0 saturated heterocycles. The highest BCUT2D eigenvalue weighted by Crippen LogP contribution is 2.41. The van der Waals surface area contributed by atoms with Crippen LogP contribution in [0.1, 0.15) is 32.1 Å². The van der Waals surface area contributed by atoms with Crippen LogP contribution in [0.2, 0.25) is 0 Å². The van der Waals surface area contributed by atoms with E-state index < -0.39 is 0 Å². The Hall–Kier alpha value is -9.38. The molecule has 0 spiro atoms. The van der Waals surface area contributed by atoms with Crippen LogP contribution in [0, 0.1) is 0 Å². The van der Waals surface area contributed by atoms with Crippen LogP contribution in [-0.2, 0) is 0 Å². The molecule has 4 nitrogen and oxygen atoms in total. The maximum absolute atomic E-state index is 2.49. The number of para-hydroxylation sites is 4. The summed E-state index contributed by atoms with van der Waals surface area (Å²) in [6, 6.07) is 96.8. The van der Waals surface area contributed by atoms with Gasteiger partial charge in [-0.25, -0.2) is 0 Å². The van der Waals surface area contributed by atoms with Gasteiger partial charge in [-0.3, -0.25) is 0 Å². The van der Waals surface area contributed by atoms with E-state index in [0.717, 1.165) is 71.2 Å². The second-order valence-corrected chi connectivity index (χ2v) is 19.5. The van der Waals surface area contributed by atoms with Crippen molar-refractivity contribution < 1.29 is 0 Å². The molecule has 0 fully saturated rings. The highest BCUT2D eigenvalue weighted by Gasteiger charge is 2.21. The summed E-state index contributed by atoms with van der Waals surface area (Å²) < 4.78 is 0. The van der Waals surface area contributed by atoms with Gasteiger partial charge in [0, 0.05) is 62.6 Å². The molecule has 10 aromatic carbocycles. The summed E-state index contributed by atoms with van der Waals surface area (Å²) in [4.78, 5) is 9.49. The lowest BCUT2D eigenvalue weighted by Crippen LogP contribution is -2.30. The van der Waals surface area contributed by atoms with Gasteiger partial charge in [-0.2, -0.15) is 0 Å². The SMILES string of the molecule is C1=CC(N(c2ccc(-c3ccc(N(c4ccccc4)c4ccc(-c5ccc(N(c6ccccc6)c6ccccc6)cc5)cc4)cc3)cc2)c2ccc(-c3ccc(N(c4ccccc4)C4C=CCCC4)cc3)cc2)=CCC1. The second-order valence-electron chi connectivity index (χ2n) is 19.5. The van der Waals surface area contributed by atoms with Crippen molar-refractivity contribution in [1.29, 1.82) is 0 Å². The van der Waals surface area contributed by atoms with E-state index in [1.54, 1.807) is 0 Å². The van der Waals surface area contributed by atoms with Crippen LogP contribution in [0.15, 0.2) is 303 Å². The summed E-state index contributed by atoms with van der Waals surface area (Å²) >= 11 is 0. The predicted octanol–water partition coefficient (Wildman–Crippen LogP) is 20.2. The molecular formula is C72H60N4. The molecule has 0 amide bonds. The monoisotopic (exact) mass is 980 g/mol. The van der Waals surface area contributed by atoms with Gasteiger partial charge in [-0.05, 0) is 193 Å². The van der Waals surface area contributed by atoms with E-state index in [9.17, 15) is 0 Å². The van der Waals surface area contributed by atoms with E-state index >= 15 is 0 Å². The molecule has 0 saturated carbocycles. The largest absolute Gasteiger partial charge is 0.335 e. The Balaban J connectivity index is 0.768. The summed E-state index contributed by atoms with van der Waals surface area (Å²) in [5.74, 6) is 0. The molecule has 0 bridgehead atoms. The molecule has 12 rings (SSSR count). The number of hydrogen-bond acceptors (Lipinski definition) is 4. The van der Waals surface area contributed by atoms with E-state index in [-0.39, 0.29) is 0 Å². The molecule has 0 radical (unpaired) electrons. The lowest BCUT2D eigenvalue weighted by Gasteiger charge is -2.33. The lowest BCUT2D eigenvalue weighted by molar-refractivity contribution is 0.631. The number of rotatable bonds is 15. The zero-order valence-electron chi connectivity index (χ0n) is 42.7. The average molecular weight is 981 g/mol. The lowest BCUT2D eigenvalue weighted by atomic mass is 9.99. The normalized spacial score (nSPS) is 13.9. The van der Waals surface area contributed by atoms with Crippen molar-refractivity contribution in [3.8, 4) is 33.4 Å². The van der Waals surface area contributed by atoms with Crippen LogP contribution in [0.25, 0.3) is 33.4 Å². The fraction of sp³-hybridized carbons (Fsp3) is 0.0833. The van der Waals surface area contributed by atoms with E-state index in [1.807, 2.05) is 0 Å². The van der Waals surface area contributed by atoms with Gasteiger partial charge in [0.25, 0.3) is 0 Å². The van der Waals surface area contributed by atoms with Crippen LogP contribution in [0.3, 0.4) is 0 Å². The molecule has 2 aliphatic carbocycles. The quantitative estimate of drug-likeness (QED) is 0.0949. The van der Waals surface area contributed by atoms with Crippen molar-refractivity contribution in [1.82, 2.24) is 0 Å². The summed E-state index contributed by atoms with van der Waals surface area (Å²) in [7, 11) is 0. The summed E-state index contributed by atoms with van der Waals surface area (Å²) in [5.41, 5.74) is 19.6. The summed E-state index contributed by atoms with van der Waals surface area (Å²) in [6.45, 7) is 0. The van der Waals surface area contributed by atoms with Gasteiger partial charge < -0.3 is 19.6 Å². The van der Waals surface area contributed by atoms with Crippen molar-refractivity contribution in [3.63, 3.8) is 0 Å². The molecule has 1 unspecified atom stereocenters. The van der Waals surface area contributed by atoms with Crippen molar-refractivity contribution >= 4 is 56.9 Å². The first-order valence-electron chi connectivity index (χ1n) is 26.7. The number of anilines is 10. The number of allylic oxidation sites excluding steroid dienone is 4. The number of nitrogens with zero attached hydrogens (tertiary/aromatic N) is 4. The van der Waals surface area contributed by atoms with Gasteiger partial charge in [0.05, 0.1) is 6.04 Å². The fourth-order valence-corrected chi connectivity index (χ4v) is 10.8. The van der Waals surface area contributed by atoms with Crippen molar-refractivity contribution in [2.75, 3.05) is 19.6 Å². The van der Waals surface area contributed by atoms with Gasteiger partial charge in [0.15, 0.2) is 0 Å². The zero-order valence-corrected chi connectivity index (χ0v) is 42.7. The maximum Gasteiger partial charge on any atom is 0.0522 e. The standard InChI is InChI=1S/C72H60N4/c1-7-19-61(20-8-1)73(62-21-9-2-10-22-62)67-43-31-55(32-44-67)57-35-47-69(48-36-57)75(65-27-15-5-16-28-65)71-51-39-59(40-52-71)60-41-53-72(54-42-60)76(66-29-17-6-18-30-66)70-49-37-58(38-50-70)56-33-45-68(46-34-56)74(63-23-11-3-12-24-63)64-25-13-4-14-26-64/h1-3,5,7-13,15-17,19-25,27-54,64H,4,6,14,18,26H2. The summed E-state index contributed by atoms with van der Waals surface area (Å²) in [5, 5.41) is 0. The predicted molar refractivity (Wildman–Crippen MR) is 323 cm³/mol. The smallest absolute Gasteiger partial charge is 0.0522 e. The van der Waals surface area contributed by atoms with Crippen molar-refractivity contribution in [3.05, 3.63) is 303 Å². The topological polar surface area (TPSA) is 13.0 Å². The molecule has 1 atom stereocenters. The van der Waals surface area contributed by atoms with Crippen LogP contribution < -0.4 is 19.6 Å². The zero-order chi connectivity index (χ0) is 50.9. The van der Waals surface area contributed by atoms with Gasteiger partial charge >= 0.3 is 0 Å². The Kier molecular flexibility index (Phi) is 14.0. The van der Waals surface area contributed by atoms with E-state index in [0.29, 0.717) is 6.04 Å². The third kappa shape index (κ3) is 10.4. The molecule has 76 heavy (non-hydrogen) atoms. The minimum absolute atomic E-state index is 0.354. The number of benzene rings is 10. The van der Waals surface area contributed by atoms with E-state index in [4.69, 9.17) is 0 Å². The first-order valence-corrected chi connectivity index (χ1v) is 26.7. The Morgan fingerprint density at radius 1 is 0.263 bits per heavy atom. The third-order valence-corrected chi connectivity index (χ3v) is 14.6. The molecule has 0 N–H and O–H groups in total. The van der Waals surface area contributed by atoms with Crippen LogP contribution in [0.4, 0.5) is 56.9 Å². The van der Waals surface area contributed by atoms with Crippen LogP contribution in [0.5, 0.6) is 0 Å². The Bertz CT molecular complexity index is 3520. The van der Waals surface area contributed by atoms with Gasteiger partial charge in [0.1, 0.15) is 0 Å². The molecule has 2 aliphatic rings. The molecule has 0 aliphatic heterocycles. The van der Waals surface area contributed by atoms with Gasteiger partial charge in [-0.1, -0.05) is 170 Å². The molecule has 368 valence electrons. The highest BCUT2D eigenvalue weighted by atomic mass is 15.2. The Morgan fingerprint density at radius 2 is 0.566 bits per heavy atom. The van der Waals surface area contributed by atoms with Crippen LogP contribution in [-0.4, -0.2) is 6.04 Å². The highest BCUT2D eigenvalue weighted by molar-refractivity contribution is 5.83. The molecule has 4 heteroatoms. The fourth-order valence-electron chi connectivity index (χ4n) is 10.8. The minimum Gasteiger partial charge on any atom is -0.335 e. The molecular weight excluding hydrogens is 921 g/mol. The summed E-state index contributed by atoms with van der Waals surface area (Å²) in [6.07, 6.45) is 17.2. The maximum atomic E-state index is 2.49. The van der Waals surface area contributed by atoms with Crippen molar-refractivity contribution in [2.45, 2.75) is 38.1 Å². The Morgan fingerprint density at radius 3 is 0.882 bits per heavy atom. The Labute approximate surface area is 448 Å². The first kappa shape index (κ1) is 47.6.